The molecule has 0 aliphatic carbocycles. The molecule has 0 radical (unpaired) electrons. The van der Waals surface area contributed by atoms with Crippen LogP contribution in [0.5, 0.6) is 5.75 Å². The Hall–Kier alpha value is -13.8. The molecule has 0 fully saturated rings. The lowest BCUT2D eigenvalue weighted by molar-refractivity contribution is -0.137. The lowest BCUT2D eigenvalue weighted by Crippen LogP contribution is -2.26. The predicted octanol–water partition coefficient (Wildman–Crippen LogP) is 16.8. The molecule has 4 aromatic heterocycles. The average molecular weight is 2250 g/mol. The number of hydrogen-bond acceptors (Lipinski definition) is 33. The highest BCUT2D eigenvalue weighted by Crippen LogP contribution is 2.35. The molecule has 4 aliphatic heterocycles. The van der Waals surface area contributed by atoms with Gasteiger partial charge >= 0.3 is 6.18 Å². The van der Waals surface area contributed by atoms with E-state index >= 15 is 0 Å². The normalized spacial score (nSPS) is 17.6. The summed E-state index contributed by atoms with van der Waals surface area (Å²) in [7, 11) is -26.3. The van der Waals surface area contributed by atoms with Gasteiger partial charge < -0.3 is 47.3 Å². The van der Waals surface area contributed by atoms with Gasteiger partial charge in [-0.05, 0) is 185 Å². The van der Waals surface area contributed by atoms with Crippen LogP contribution in [0.3, 0.4) is 0 Å². The van der Waals surface area contributed by atoms with Crippen LogP contribution in [0.2, 0.25) is 10.0 Å². The van der Waals surface area contributed by atoms with Gasteiger partial charge in [-0.2, -0.15) is 33.1 Å². The number of nitrogens with zero attached hydrogens (tertiary/aromatic N) is 8. The molecule has 52 heteroatoms. The third-order valence-corrected chi connectivity index (χ3v) is 36.0. The molecule has 16 bridgehead atoms. The molecule has 4 aliphatic rings. The van der Waals surface area contributed by atoms with Crippen molar-refractivity contribution in [1.82, 2.24) is 58.8 Å². The fraction of sp³-hybridized carbons (Fsp3) is 0.265. The molecular formula is C98H101Cl2F5N24O13S8. The molecule has 150 heavy (non-hydrogen) atoms. The summed E-state index contributed by atoms with van der Waals surface area (Å²) in [6, 6.07) is 44.5. The molecule has 0 amide bonds. The van der Waals surface area contributed by atoms with Crippen LogP contribution in [0, 0.1) is 78.1 Å². The number of ether oxygens (including phenoxy) is 1. The number of hydrogen-bond donors (Lipinski definition) is 16. The van der Waals surface area contributed by atoms with Crippen LogP contribution in [-0.4, -0.2) is 173 Å². The second kappa shape index (κ2) is 51.6. The fourth-order valence-electron chi connectivity index (χ4n) is 14.3. The third kappa shape index (κ3) is 32.9. The van der Waals surface area contributed by atoms with Crippen molar-refractivity contribution in [2.75, 3.05) is 125 Å². The van der Waals surface area contributed by atoms with Crippen LogP contribution in [0.25, 0.3) is 0 Å². The summed E-state index contributed by atoms with van der Waals surface area (Å²) in [4.78, 5) is 35.6. The van der Waals surface area contributed by atoms with E-state index in [2.05, 4.69) is 149 Å². The number of aromatic nitrogens is 8. The predicted molar refractivity (Wildman–Crippen MR) is 568 cm³/mol. The Morgan fingerprint density at radius 1 is 0.373 bits per heavy atom. The summed E-state index contributed by atoms with van der Waals surface area (Å²) in [5.74, 6) is 25.6. The van der Waals surface area contributed by atoms with Crippen molar-refractivity contribution in [1.29, 1.82) is 19.1 Å². The van der Waals surface area contributed by atoms with Gasteiger partial charge in [0, 0.05) is 154 Å². The first kappa shape index (κ1) is 113. The molecular weight excluding hydrogens is 2140 g/mol. The number of nitrogens with one attached hydrogen (secondary N) is 16. The van der Waals surface area contributed by atoms with Gasteiger partial charge in [0.1, 0.15) is 55.3 Å². The average Bonchev–Trinajstić information content (AvgIpc) is 0.916. The molecule has 12 aromatic rings. The van der Waals surface area contributed by atoms with Crippen LogP contribution in [0.1, 0.15) is 105 Å². The van der Waals surface area contributed by atoms with Crippen molar-refractivity contribution in [2.45, 2.75) is 122 Å². The molecule has 0 spiro atoms. The van der Waals surface area contributed by atoms with E-state index in [1.54, 1.807) is 140 Å². The Kier molecular flexibility index (Phi) is 39.0. The zero-order valence-electron chi connectivity index (χ0n) is 79.9. The van der Waals surface area contributed by atoms with Crippen molar-refractivity contribution in [3.05, 3.63) is 256 Å². The number of fused-ring (bicyclic) bond motifs is 16. The lowest BCUT2D eigenvalue weighted by atomic mass is 10.2. The van der Waals surface area contributed by atoms with Gasteiger partial charge in [-0.3, -0.25) is 0 Å². The first-order valence-corrected chi connectivity index (χ1v) is 59.7. The Bertz CT molecular complexity index is 8270. The molecule has 16 N–H and O–H groups in total. The number of methoxy groups -OCH3 is 1. The monoisotopic (exact) mass is 2240 g/mol. The molecule has 8 heterocycles. The Morgan fingerprint density at radius 3 is 1.01 bits per heavy atom. The molecule has 0 saturated carbocycles. The highest BCUT2D eigenvalue weighted by molar-refractivity contribution is 7.93. The molecule has 788 valence electrons. The SMILES string of the molecule is COc1ccc(F)c(S(=O)(=O)NCCC#Cc2cnc3nc2NCCCCS(=N)(=O)c2cccc(c2)N3)c1.N=S1(=O)CCCCNc2nc(ncc2C#CCCNS(=O)(=O)c2cc(C(F)(F)F)ccc2F)Nc2cccc1c2.N=S1(=O)CCCCNc2nc(ncc2C#CCCNS(=O)(=O)c2cccc(Cl)c2)Nc2cccc1c2.N=S1(=O)CCCCNc2nc(ncc2C#CCCNS(=O)(=O)c2ccccc2Cl)Nc2cccc1c2. The summed E-state index contributed by atoms with van der Waals surface area (Å²) in [6.45, 7) is 2.06. The van der Waals surface area contributed by atoms with E-state index in [4.69, 9.17) is 47.1 Å². The molecule has 0 saturated heterocycles. The number of sulfonamides is 4. The lowest BCUT2D eigenvalue weighted by Gasteiger charge is -2.11. The minimum atomic E-state index is -4.83. The van der Waals surface area contributed by atoms with Gasteiger partial charge in [-0.15, -0.1) is 0 Å². The topological polar surface area (TPSA) is 557 Å². The standard InChI is InChI=1S/C25H24F4N6O3S2.C25H27FN6O4S2.2C24H25ClN6O3S2/c26-21-10-9-18(25(27,28)29)14-22(21)40(37,38)33-12-2-1-6-17-16-32-24-34-19-7-5-8-20(15-19)39(30,36)13-4-3-11-31-23(17)35-24;1-36-20-10-11-22(26)23(16-20)38(34,35)30-13-3-2-7-18-17-29-25-31-19-8-6-9-21(15-19)37(27,33)14-5-4-12-28-24(18)32-25;25-19-8-5-11-22(15-19)36(33,34)29-13-2-1-7-18-17-28-24-30-20-9-6-10-21(16-20)35(26,32)14-4-3-12-27-23(18)31-24;25-21-11-1-2-12-22(21)36(33,34)29-14-4-3-8-18-17-28-24-30-19-9-7-10-20(16-19)35(26,32)15-6-5-13-27-23(18)31-24/h5,7-10,14-16,30,33H,2-4,11-13H2,(H2,31,32,34,35);6,8-11,15-17,27,30H,3-5,12-14H2,1H3,(H2,28,29,31,32);5-6,8-11,15-17,26,29H,2-4,12-14H2,(H2,27,28,30,31);1-2,7,9-12,16-17,26,29H,4-6,13-15H2,(H2,27,28,30,31). The van der Waals surface area contributed by atoms with Crippen molar-refractivity contribution in [3.8, 4) is 53.1 Å². The smallest absolute Gasteiger partial charge is 0.416 e. The highest BCUT2D eigenvalue weighted by Gasteiger charge is 2.34. The number of anilines is 12. The first-order chi connectivity index (χ1) is 71.5. The zero-order valence-corrected chi connectivity index (χ0v) is 87.9. The maximum absolute atomic E-state index is 14.1. The largest absolute Gasteiger partial charge is 0.497 e. The maximum atomic E-state index is 14.1. The summed E-state index contributed by atoms with van der Waals surface area (Å²) in [5, 5.41) is 25.6. The van der Waals surface area contributed by atoms with Gasteiger partial charge in [0.15, 0.2) is 0 Å². The summed E-state index contributed by atoms with van der Waals surface area (Å²) in [5.41, 5.74) is 3.25. The molecule has 16 rings (SSSR count). The van der Waals surface area contributed by atoms with E-state index in [1.165, 1.54) is 43.6 Å². The molecule has 37 nitrogen and oxygen atoms in total. The van der Waals surface area contributed by atoms with Gasteiger partial charge in [-0.25, -0.2) is 117 Å². The maximum Gasteiger partial charge on any atom is 0.416 e. The Balaban J connectivity index is 0.000000167. The van der Waals surface area contributed by atoms with Crippen LogP contribution < -0.4 is 66.2 Å². The summed E-state index contributed by atoms with van der Waals surface area (Å²) >= 11 is 11.9. The van der Waals surface area contributed by atoms with Crippen molar-refractivity contribution < 1.29 is 77.2 Å². The van der Waals surface area contributed by atoms with Gasteiger partial charge in [0.2, 0.25) is 63.9 Å². The van der Waals surface area contributed by atoms with Gasteiger partial charge in [0.25, 0.3) is 0 Å². The second-order valence-corrected chi connectivity index (χ2v) is 49.9. The van der Waals surface area contributed by atoms with Crippen molar-refractivity contribution in [3.63, 3.8) is 0 Å². The highest BCUT2D eigenvalue weighted by atomic mass is 35.5. The number of halogens is 7. The van der Waals surface area contributed by atoms with Crippen LogP contribution in [0.4, 0.5) is 91.8 Å². The van der Waals surface area contributed by atoms with E-state index in [0.717, 1.165) is 12.1 Å². The van der Waals surface area contributed by atoms with E-state index in [-0.39, 0.29) is 107 Å². The number of benzene rings is 8. The van der Waals surface area contributed by atoms with Gasteiger partial charge in [-0.1, -0.05) is 113 Å². The Morgan fingerprint density at radius 2 is 0.687 bits per heavy atom. The second-order valence-electron chi connectivity index (χ2n) is 33.1. The van der Waals surface area contributed by atoms with Gasteiger partial charge in [0.05, 0.1) is 109 Å². The van der Waals surface area contributed by atoms with E-state index in [1.807, 2.05) is 0 Å². The minimum Gasteiger partial charge on any atom is -0.497 e. The van der Waals surface area contributed by atoms with E-state index in [9.17, 15) is 72.5 Å². The minimum absolute atomic E-state index is 0.0262. The molecule has 4 atom stereocenters. The first-order valence-electron chi connectivity index (χ1n) is 46.1. The number of alkyl halides is 3. The third-order valence-electron chi connectivity index (χ3n) is 21.9. The molecule has 4 unspecified atom stereocenters. The van der Waals surface area contributed by atoms with Crippen molar-refractivity contribution >= 4 is 172 Å². The fourth-order valence-corrected chi connectivity index (χ4v) is 25.2. The summed E-state index contributed by atoms with van der Waals surface area (Å²) < 4.78 is 265. The summed E-state index contributed by atoms with van der Waals surface area (Å²) in [6.07, 6.45) is 7.15. The number of rotatable bonds is 17. The Labute approximate surface area is 877 Å². The van der Waals surface area contributed by atoms with Crippen LogP contribution >= 0.6 is 23.2 Å². The van der Waals surface area contributed by atoms with E-state index in [0.29, 0.717) is 200 Å². The van der Waals surface area contributed by atoms with Crippen molar-refractivity contribution in [2.24, 2.45) is 0 Å². The van der Waals surface area contributed by atoms with E-state index < -0.39 is 112 Å². The van der Waals surface area contributed by atoms with Crippen LogP contribution in [0.15, 0.2) is 246 Å². The molecule has 8 aromatic carbocycles. The quantitative estimate of drug-likeness (QED) is 0.0229. The zero-order chi connectivity index (χ0) is 107. The van der Waals surface area contributed by atoms with Crippen LogP contribution in [-0.2, 0) is 85.2 Å².